The number of carbonyl (C=O) groups is 1. The van der Waals surface area contributed by atoms with Gasteiger partial charge in [0, 0.05) is 18.7 Å². The van der Waals surface area contributed by atoms with Crippen molar-refractivity contribution in [3.05, 3.63) is 77.9 Å². The molecule has 0 aliphatic carbocycles. The Labute approximate surface area is 220 Å². The molecule has 38 heavy (non-hydrogen) atoms. The predicted molar refractivity (Wildman–Crippen MR) is 146 cm³/mol. The third kappa shape index (κ3) is 5.13. The van der Waals surface area contributed by atoms with Crippen molar-refractivity contribution < 1.29 is 19.4 Å². The van der Waals surface area contributed by atoms with Crippen LogP contribution in [0.3, 0.4) is 0 Å². The molecule has 5 rings (SSSR count). The Bertz CT molecular complexity index is 1590. The first-order valence-corrected chi connectivity index (χ1v) is 12.7. The SMILES string of the molecule is CCCOc1ccccc1OCCNC(=O)c1ccc2nc(C(C)c3nc4cc(O)ccc4[nH]3)n(C)c2c1. The number of rotatable bonds is 10. The van der Waals surface area contributed by atoms with Crippen LogP contribution >= 0.6 is 0 Å². The van der Waals surface area contributed by atoms with E-state index in [1.165, 1.54) is 0 Å². The van der Waals surface area contributed by atoms with E-state index in [4.69, 9.17) is 14.5 Å². The third-order valence-corrected chi connectivity index (χ3v) is 6.42. The zero-order chi connectivity index (χ0) is 26.6. The summed E-state index contributed by atoms with van der Waals surface area (Å²) in [6.45, 7) is 5.38. The molecule has 9 nitrogen and oxygen atoms in total. The molecular formula is C29H31N5O4. The number of aromatic hydroxyl groups is 1. The Morgan fingerprint density at radius 2 is 1.79 bits per heavy atom. The maximum Gasteiger partial charge on any atom is 0.251 e. The standard InChI is InChI=1S/C29H31N5O4/c1-4-14-37-25-7-5-6-8-26(25)38-15-13-30-29(36)19-9-11-22-24(16-19)34(3)28(33-22)18(2)27-31-21-12-10-20(35)17-23(21)32-27/h5-12,16-18,35H,4,13-15H2,1-3H3,(H,30,36)(H,31,32). The number of hydrogen-bond donors (Lipinski definition) is 3. The van der Waals surface area contributed by atoms with Crippen molar-refractivity contribution in [1.82, 2.24) is 24.8 Å². The van der Waals surface area contributed by atoms with Gasteiger partial charge >= 0.3 is 0 Å². The number of aromatic nitrogens is 4. The van der Waals surface area contributed by atoms with E-state index in [2.05, 4.69) is 22.2 Å². The number of benzene rings is 3. The smallest absolute Gasteiger partial charge is 0.251 e. The lowest BCUT2D eigenvalue weighted by molar-refractivity contribution is 0.0947. The average molecular weight is 514 g/mol. The number of nitrogens with zero attached hydrogens (tertiary/aromatic N) is 3. The number of para-hydroxylation sites is 2. The molecule has 5 aromatic rings. The molecule has 0 aliphatic rings. The summed E-state index contributed by atoms with van der Waals surface area (Å²) in [4.78, 5) is 25.6. The van der Waals surface area contributed by atoms with Crippen molar-refractivity contribution in [3.63, 3.8) is 0 Å². The van der Waals surface area contributed by atoms with Gasteiger partial charge in [0.2, 0.25) is 0 Å². The fraction of sp³-hybridized carbons (Fsp3) is 0.276. The minimum Gasteiger partial charge on any atom is -0.508 e. The number of ether oxygens (including phenoxy) is 2. The summed E-state index contributed by atoms with van der Waals surface area (Å²) in [5.74, 6) is 2.80. The molecule has 0 bridgehead atoms. The number of amides is 1. The van der Waals surface area contributed by atoms with Crippen LogP contribution in [0.2, 0.25) is 0 Å². The largest absolute Gasteiger partial charge is 0.508 e. The van der Waals surface area contributed by atoms with Gasteiger partial charge in [0.15, 0.2) is 11.5 Å². The molecule has 2 aromatic heterocycles. The van der Waals surface area contributed by atoms with Gasteiger partial charge in [-0.1, -0.05) is 19.1 Å². The average Bonchev–Trinajstić information content (AvgIpc) is 3.50. The minimum atomic E-state index is -0.182. The van der Waals surface area contributed by atoms with Gasteiger partial charge in [-0.3, -0.25) is 4.79 Å². The van der Waals surface area contributed by atoms with Crippen LogP contribution in [0, 0.1) is 0 Å². The Morgan fingerprint density at radius 3 is 2.55 bits per heavy atom. The number of carbonyl (C=O) groups excluding carboxylic acids is 1. The number of aromatic amines is 1. The lowest BCUT2D eigenvalue weighted by atomic mass is 10.1. The molecule has 3 aromatic carbocycles. The van der Waals surface area contributed by atoms with E-state index in [9.17, 15) is 9.90 Å². The summed E-state index contributed by atoms with van der Waals surface area (Å²) in [7, 11) is 1.93. The first-order chi connectivity index (χ1) is 18.4. The highest BCUT2D eigenvalue weighted by atomic mass is 16.5. The van der Waals surface area contributed by atoms with Crippen LogP contribution in [0.15, 0.2) is 60.7 Å². The number of H-pyrrole nitrogens is 1. The molecule has 1 unspecified atom stereocenters. The fourth-order valence-corrected chi connectivity index (χ4v) is 4.41. The molecule has 3 N–H and O–H groups in total. The number of fused-ring (bicyclic) bond motifs is 2. The third-order valence-electron chi connectivity index (χ3n) is 6.42. The van der Waals surface area contributed by atoms with Crippen LogP contribution in [0.5, 0.6) is 17.2 Å². The van der Waals surface area contributed by atoms with Crippen LogP contribution in [-0.4, -0.2) is 50.3 Å². The van der Waals surface area contributed by atoms with Gasteiger partial charge in [-0.05, 0) is 55.8 Å². The van der Waals surface area contributed by atoms with E-state index < -0.39 is 0 Å². The second kappa shape index (κ2) is 10.8. The van der Waals surface area contributed by atoms with Gasteiger partial charge < -0.3 is 29.4 Å². The molecule has 9 heteroatoms. The number of imidazole rings is 2. The molecule has 0 radical (unpaired) electrons. The maximum atomic E-state index is 12.9. The van der Waals surface area contributed by atoms with E-state index >= 15 is 0 Å². The zero-order valence-electron chi connectivity index (χ0n) is 21.7. The van der Waals surface area contributed by atoms with Gasteiger partial charge in [-0.25, -0.2) is 9.97 Å². The highest BCUT2D eigenvalue weighted by Gasteiger charge is 2.20. The van der Waals surface area contributed by atoms with E-state index in [0.29, 0.717) is 42.3 Å². The van der Waals surface area contributed by atoms with E-state index in [0.717, 1.165) is 34.6 Å². The molecule has 2 heterocycles. The second-order valence-electron chi connectivity index (χ2n) is 9.18. The van der Waals surface area contributed by atoms with Gasteiger partial charge in [-0.15, -0.1) is 0 Å². The quantitative estimate of drug-likeness (QED) is 0.229. The van der Waals surface area contributed by atoms with Crippen molar-refractivity contribution in [2.75, 3.05) is 19.8 Å². The van der Waals surface area contributed by atoms with Gasteiger partial charge in [0.25, 0.3) is 5.91 Å². The van der Waals surface area contributed by atoms with Crippen molar-refractivity contribution in [2.24, 2.45) is 7.05 Å². The van der Waals surface area contributed by atoms with Crippen molar-refractivity contribution in [3.8, 4) is 17.2 Å². The summed E-state index contributed by atoms with van der Waals surface area (Å²) >= 11 is 0. The van der Waals surface area contributed by atoms with E-state index in [-0.39, 0.29) is 17.6 Å². The van der Waals surface area contributed by atoms with Crippen molar-refractivity contribution in [2.45, 2.75) is 26.2 Å². The molecule has 1 atom stereocenters. The Kier molecular flexibility index (Phi) is 7.17. The fourth-order valence-electron chi connectivity index (χ4n) is 4.41. The van der Waals surface area contributed by atoms with Crippen molar-refractivity contribution in [1.29, 1.82) is 0 Å². The van der Waals surface area contributed by atoms with Gasteiger partial charge in [0.05, 0.1) is 41.1 Å². The van der Waals surface area contributed by atoms with Crippen molar-refractivity contribution >= 4 is 28.0 Å². The summed E-state index contributed by atoms with van der Waals surface area (Å²) < 4.78 is 13.5. The summed E-state index contributed by atoms with van der Waals surface area (Å²) in [5, 5.41) is 12.7. The Balaban J connectivity index is 1.25. The number of phenolic OH excluding ortho intramolecular Hbond substituents is 1. The Hall–Kier alpha value is -4.53. The van der Waals surface area contributed by atoms with Crippen LogP contribution in [0.25, 0.3) is 22.1 Å². The highest BCUT2D eigenvalue weighted by Crippen LogP contribution is 2.28. The number of aryl methyl sites for hydroxylation is 1. The first-order valence-electron chi connectivity index (χ1n) is 12.7. The molecule has 0 saturated carbocycles. The monoisotopic (exact) mass is 513 g/mol. The van der Waals surface area contributed by atoms with E-state index in [1.54, 1.807) is 24.3 Å². The zero-order valence-corrected chi connectivity index (χ0v) is 21.7. The van der Waals surface area contributed by atoms with Crippen LogP contribution in [-0.2, 0) is 7.05 Å². The van der Waals surface area contributed by atoms with Crippen LogP contribution in [0.4, 0.5) is 0 Å². The predicted octanol–water partition coefficient (Wildman–Crippen LogP) is 4.90. The second-order valence-corrected chi connectivity index (χ2v) is 9.18. The van der Waals surface area contributed by atoms with Crippen LogP contribution < -0.4 is 14.8 Å². The van der Waals surface area contributed by atoms with Gasteiger partial charge in [-0.2, -0.15) is 0 Å². The molecular weight excluding hydrogens is 482 g/mol. The first kappa shape index (κ1) is 25.1. The molecule has 1 amide bonds. The molecule has 196 valence electrons. The molecule has 0 saturated heterocycles. The number of phenols is 1. The number of nitrogens with one attached hydrogen (secondary N) is 2. The highest BCUT2D eigenvalue weighted by molar-refractivity contribution is 5.97. The molecule has 0 spiro atoms. The van der Waals surface area contributed by atoms with Crippen LogP contribution in [0.1, 0.15) is 48.2 Å². The lowest BCUT2D eigenvalue weighted by Gasteiger charge is -2.12. The summed E-state index contributed by atoms with van der Waals surface area (Å²) in [6.07, 6.45) is 0.914. The van der Waals surface area contributed by atoms with E-state index in [1.807, 2.05) is 54.9 Å². The maximum absolute atomic E-state index is 12.9. The Morgan fingerprint density at radius 1 is 1.03 bits per heavy atom. The minimum absolute atomic E-state index is 0.124. The summed E-state index contributed by atoms with van der Waals surface area (Å²) in [5.41, 5.74) is 3.75. The number of hydrogen-bond acceptors (Lipinski definition) is 6. The lowest BCUT2D eigenvalue weighted by Crippen LogP contribution is -2.28. The topological polar surface area (TPSA) is 114 Å². The normalized spacial score (nSPS) is 12.1. The molecule has 0 fully saturated rings. The molecule has 0 aliphatic heterocycles. The summed E-state index contributed by atoms with van der Waals surface area (Å²) in [6, 6.07) is 18.1. The van der Waals surface area contributed by atoms with Gasteiger partial charge in [0.1, 0.15) is 24.0 Å².